The molecule has 3 aliphatic heterocycles. The quantitative estimate of drug-likeness (QED) is 0.223. The molecule has 3 atom stereocenters. The lowest BCUT2D eigenvalue weighted by atomic mass is 9.95. The molecular weight excluding hydrogens is 653 g/mol. The largest absolute Gasteiger partial charge is 0.469 e. The molecule has 0 unspecified atom stereocenters. The Morgan fingerprint density at radius 1 is 1.23 bits per heavy atom. The van der Waals surface area contributed by atoms with E-state index in [1.807, 2.05) is 11.0 Å². The Hall–Kier alpha value is -3.86. The molecule has 2 aromatic carbocycles. The van der Waals surface area contributed by atoms with E-state index < -0.39 is 23.3 Å². The summed E-state index contributed by atoms with van der Waals surface area (Å²) in [6.07, 6.45) is 2.88. The number of methoxy groups -OCH3 is 1. The van der Waals surface area contributed by atoms with Crippen molar-refractivity contribution >= 4 is 60.7 Å². The minimum atomic E-state index is -0.953. The summed E-state index contributed by atoms with van der Waals surface area (Å²) in [6.45, 7) is 2.24. The second-order valence-corrected chi connectivity index (χ2v) is 14.0. The third-order valence-electron chi connectivity index (χ3n) is 9.83. The molecular formula is C33H32ClF3N6O3S. The van der Waals surface area contributed by atoms with E-state index in [4.69, 9.17) is 31.8 Å². The Morgan fingerprint density at radius 2 is 2.06 bits per heavy atom. The molecule has 2 aromatic heterocycles. The Kier molecular flexibility index (Phi) is 8.30. The summed E-state index contributed by atoms with van der Waals surface area (Å²) in [5.74, 6) is -1.55. The number of fused-ring (bicyclic) bond motifs is 3. The van der Waals surface area contributed by atoms with Gasteiger partial charge in [0.1, 0.15) is 41.0 Å². The van der Waals surface area contributed by atoms with Crippen LogP contribution in [0.3, 0.4) is 0 Å². The molecule has 47 heavy (non-hydrogen) atoms. The first kappa shape index (κ1) is 31.7. The first-order chi connectivity index (χ1) is 22.6. The number of alkyl halides is 1. The van der Waals surface area contributed by atoms with Crippen molar-refractivity contribution in [1.82, 2.24) is 14.9 Å². The summed E-state index contributed by atoms with van der Waals surface area (Å²) in [4.78, 5) is 25.7. The van der Waals surface area contributed by atoms with Gasteiger partial charge in [0.25, 0.3) is 0 Å². The van der Waals surface area contributed by atoms with Gasteiger partial charge in [0.15, 0.2) is 5.82 Å². The molecule has 0 radical (unpaired) electrons. The number of esters is 1. The number of carbonyl (C=O) groups is 1. The van der Waals surface area contributed by atoms with Crippen LogP contribution < -0.4 is 15.4 Å². The van der Waals surface area contributed by atoms with Gasteiger partial charge < -0.3 is 20.1 Å². The molecule has 0 saturated carbocycles. The van der Waals surface area contributed by atoms with Gasteiger partial charge in [-0.25, -0.2) is 13.2 Å². The molecule has 5 heterocycles. The fourth-order valence-corrected chi connectivity index (χ4v) is 8.82. The first-order valence-corrected chi connectivity index (χ1v) is 16.8. The number of ether oxygens (including phenoxy) is 2. The van der Waals surface area contributed by atoms with E-state index in [1.165, 1.54) is 19.2 Å². The molecule has 3 saturated heterocycles. The number of nitriles is 1. The normalized spacial score (nSPS) is 23.2. The van der Waals surface area contributed by atoms with Crippen LogP contribution in [-0.4, -0.2) is 72.4 Å². The second kappa shape index (κ2) is 12.3. The lowest BCUT2D eigenvalue weighted by Gasteiger charge is -2.31. The number of nitrogens with zero attached hydrogens (tertiary/aromatic N) is 5. The zero-order valence-electron chi connectivity index (χ0n) is 25.6. The highest BCUT2D eigenvalue weighted by atomic mass is 35.5. The van der Waals surface area contributed by atoms with Crippen LogP contribution in [-0.2, 0) is 9.53 Å². The van der Waals surface area contributed by atoms with E-state index in [-0.39, 0.29) is 66.8 Å². The summed E-state index contributed by atoms with van der Waals surface area (Å²) >= 11 is 7.73. The van der Waals surface area contributed by atoms with Crippen molar-refractivity contribution in [3.05, 3.63) is 40.4 Å². The number of hydrogen-bond acceptors (Lipinski definition) is 10. The molecule has 0 amide bonds. The SMILES string of the molecule is COC(=O)[C@H]1CCCN(c2nc(OC[C@@]34CCCN3C[C@H](F)C4)nc3c(F)c(-c4ccc(F)c5sc(N)c(C#N)c45)c(Cl)cc23)CC1. The highest BCUT2D eigenvalue weighted by Crippen LogP contribution is 2.46. The van der Waals surface area contributed by atoms with Crippen molar-refractivity contribution in [3.8, 4) is 23.2 Å². The van der Waals surface area contributed by atoms with E-state index in [9.17, 15) is 18.8 Å². The third kappa shape index (κ3) is 5.40. The summed E-state index contributed by atoms with van der Waals surface area (Å²) in [7, 11) is 1.37. The van der Waals surface area contributed by atoms with Crippen molar-refractivity contribution in [2.75, 3.05) is 50.5 Å². The molecule has 246 valence electrons. The maximum absolute atomic E-state index is 16.9. The van der Waals surface area contributed by atoms with E-state index in [1.54, 1.807) is 6.07 Å². The number of aromatic nitrogens is 2. The maximum Gasteiger partial charge on any atom is 0.319 e. The van der Waals surface area contributed by atoms with Crippen LogP contribution in [0.25, 0.3) is 32.1 Å². The van der Waals surface area contributed by atoms with Crippen LogP contribution in [0.5, 0.6) is 6.01 Å². The third-order valence-corrected chi connectivity index (χ3v) is 11.2. The predicted molar refractivity (Wildman–Crippen MR) is 175 cm³/mol. The molecule has 0 bridgehead atoms. The van der Waals surface area contributed by atoms with Crippen LogP contribution >= 0.6 is 22.9 Å². The maximum atomic E-state index is 16.9. The van der Waals surface area contributed by atoms with Crippen LogP contribution in [0.15, 0.2) is 18.2 Å². The number of anilines is 2. The molecule has 2 N–H and O–H groups in total. The van der Waals surface area contributed by atoms with Gasteiger partial charge in [-0.15, -0.1) is 11.3 Å². The number of nitrogens with two attached hydrogens (primary N) is 1. The first-order valence-electron chi connectivity index (χ1n) is 15.6. The van der Waals surface area contributed by atoms with E-state index in [0.717, 1.165) is 30.7 Å². The van der Waals surface area contributed by atoms with Gasteiger partial charge in [0, 0.05) is 42.4 Å². The Balaban J connectivity index is 1.37. The Morgan fingerprint density at radius 3 is 2.85 bits per heavy atom. The number of benzene rings is 2. The van der Waals surface area contributed by atoms with E-state index >= 15 is 4.39 Å². The molecule has 3 fully saturated rings. The number of nitrogen functional groups attached to an aromatic ring is 1. The fraction of sp³-hybridized carbons (Fsp3) is 0.455. The molecule has 3 aliphatic rings. The molecule has 4 aromatic rings. The van der Waals surface area contributed by atoms with Gasteiger partial charge in [0.2, 0.25) is 0 Å². The highest BCUT2D eigenvalue weighted by molar-refractivity contribution is 7.23. The van der Waals surface area contributed by atoms with E-state index in [0.29, 0.717) is 56.5 Å². The smallest absolute Gasteiger partial charge is 0.319 e. The summed E-state index contributed by atoms with van der Waals surface area (Å²) in [5, 5.41) is 10.5. The van der Waals surface area contributed by atoms with Crippen molar-refractivity contribution in [3.63, 3.8) is 0 Å². The van der Waals surface area contributed by atoms with Crippen LogP contribution in [0.2, 0.25) is 5.02 Å². The molecule has 0 spiro atoms. The second-order valence-electron chi connectivity index (χ2n) is 12.5. The average molecular weight is 685 g/mol. The number of hydrogen-bond donors (Lipinski definition) is 1. The molecule has 14 heteroatoms. The van der Waals surface area contributed by atoms with Crippen LogP contribution in [0.1, 0.15) is 44.1 Å². The van der Waals surface area contributed by atoms with Gasteiger partial charge in [-0.1, -0.05) is 17.7 Å². The minimum absolute atomic E-state index is 0.0118. The number of carbonyl (C=O) groups excluding carboxylic acids is 1. The van der Waals surface area contributed by atoms with Crippen molar-refractivity contribution in [2.45, 2.75) is 50.2 Å². The van der Waals surface area contributed by atoms with Crippen molar-refractivity contribution in [2.24, 2.45) is 5.92 Å². The summed E-state index contributed by atoms with van der Waals surface area (Å²) in [5.41, 5.74) is 5.67. The van der Waals surface area contributed by atoms with E-state index in [2.05, 4.69) is 9.88 Å². The fourth-order valence-electron chi connectivity index (χ4n) is 7.58. The zero-order valence-corrected chi connectivity index (χ0v) is 27.2. The highest BCUT2D eigenvalue weighted by Gasteiger charge is 2.49. The number of rotatable bonds is 6. The van der Waals surface area contributed by atoms with Crippen LogP contribution in [0, 0.1) is 28.9 Å². The number of halogens is 4. The summed E-state index contributed by atoms with van der Waals surface area (Å²) < 4.78 is 57.6. The predicted octanol–water partition coefficient (Wildman–Crippen LogP) is 6.63. The Labute approximate surface area is 278 Å². The lowest BCUT2D eigenvalue weighted by Crippen LogP contribution is -2.43. The van der Waals surface area contributed by atoms with Gasteiger partial charge in [-0.05, 0) is 56.3 Å². The van der Waals surface area contributed by atoms with Gasteiger partial charge >= 0.3 is 12.0 Å². The Bertz CT molecular complexity index is 1950. The van der Waals surface area contributed by atoms with Gasteiger partial charge in [-0.2, -0.15) is 15.2 Å². The van der Waals surface area contributed by atoms with Gasteiger partial charge in [-0.3, -0.25) is 9.69 Å². The molecule has 0 aliphatic carbocycles. The topological polar surface area (TPSA) is 118 Å². The monoisotopic (exact) mass is 684 g/mol. The minimum Gasteiger partial charge on any atom is -0.469 e. The summed E-state index contributed by atoms with van der Waals surface area (Å²) in [6, 6.07) is 6.08. The molecule has 9 nitrogen and oxygen atoms in total. The van der Waals surface area contributed by atoms with Crippen molar-refractivity contribution < 1.29 is 27.4 Å². The van der Waals surface area contributed by atoms with Crippen LogP contribution in [0.4, 0.5) is 24.0 Å². The molecule has 7 rings (SSSR count). The lowest BCUT2D eigenvalue weighted by molar-refractivity contribution is -0.145. The standard InChI is InChI=1S/C33H32ClF3N6O3S/c1-45-31(44)17-4-2-9-42(11-7-17)30-20-12-22(34)25(19-5-6-23(36)28-24(19)21(14-38)29(39)47-28)26(37)27(20)40-32(41-30)46-16-33-8-3-10-43(33)15-18(35)13-33/h5-6,12,17-18H,2-4,7-11,13,15-16,39H2,1H3/t17-,18+,33-/m0/s1. The zero-order chi connectivity index (χ0) is 33.0. The number of thiophene rings is 1. The average Bonchev–Trinajstić information content (AvgIpc) is 3.62. The van der Waals surface area contributed by atoms with Gasteiger partial charge in [0.05, 0.1) is 33.9 Å². The van der Waals surface area contributed by atoms with Crippen molar-refractivity contribution in [1.29, 1.82) is 5.26 Å².